The van der Waals surface area contributed by atoms with Crippen LogP contribution in [0.15, 0.2) is 47.1 Å². The number of carbonyl (C=O) groups excluding carboxylic acids is 2. The van der Waals surface area contributed by atoms with E-state index < -0.39 is 23.6 Å². The van der Waals surface area contributed by atoms with Crippen molar-refractivity contribution < 1.29 is 27.2 Å². The number of amides is 2. The van der Waals surface area contributed by atoms with Crippen LogP contribution in [0, 0.1) is 0 Å². The van der Waals surface area contributed by atoms with Crippen LogP contribution in [0.5, 0.6) is 0 Å². The van der Waals surface area contributed by atoms with Crippen LogP contribution in [0.3, 0.4) is 0 Å². The molecule has 1 aromatic carbocycles. The Labute approximate surface area is 129 Å². The van der Waals surface area contributed by atoms with E-state index in [4.69, 9.17) is 4.42 Å². The average Bonchev–Trinajstić information content (AvgIpc) is 3.05. The van der Waals surface area contributed by atoms with Crippen LogP contribution in [0.1, 0.15) is 26.5 Å². The topological polar surface area (TPSA) is 71.3 Å². The highest BCUT2D eigenvalue weighted by atomic mass is 19.4. The predicted molar refractivity (Wildman–Crippen MR) is 74.8 cm³/mol. The van der Waals surface area contributed by atoms with E-state index in [1.807, 2.05) is 0 Å². The van der Waals surface area contributed by atoms with Crippen LogP contribution in [0.25, 0.3) is 0 Å². The molecule has 1 heterocycles. The number of hydrogen-bond acceptors (Lipinski definition) is 3. The molecule has 23 heavy (non-hydrogen) atoms. The van der Waals surface area contributed by atoms with E-state index in [9.17, 15) is 22.8 Å². The predicted octanol–water partition coefficient (Wildman–Crippen LogP) is 2.46. The fraction of sp³-hybridized carbons (Fsp3) is 0.200. The second-order valence-electron chi connectivity index (χ2n) is 4.57. The number of rotatable bonds is 5. The minimum absolute atomic E-state index is 0.0710. The van der Waals surface area contributed by atoms with E-state index in [0.29, 0.717) is 0 Å². The average molecular weight is 326 g/mol. The molecule has 0 saturated carbocycles. The number of nitrogens with one attached hydrogen (secondary N) is 2. The van der Waals surface area contributed by atoms with Gasteiger partial charge in [-0.1, -0.05) is 6.07 Å². The molecule has 0 aliphatic carbocycles. The van der Waals surface area contributed by atoms with Crippen molar-refractivity contribution in [3.8, 4) is 0 Å². The summed E-state index contributed by atoms with van der Waals surface area (Å²) in [6, 6.07) is 7.15. The molecule has 8 heteroatoms. The van der Waals surface area contributed by atoms with Crippen molar-refractivity contribution in [3.63, 3.8) is 0 Å². The molecule has 2 rings (SSSR count). The molecule has 0 aliphatic heterocycles. The van der Waals surface area contributed by atoms with Crippen molar-refractivity contribution in [2.75, 3.05) is 13.1 Å². The molecule has 0 aliphatic rings. The highest BCUT2D eigenvalue weighted by Gasteiger charge is 2.30. The number of halogens is 3. The number of carbonyl (C=O) groups is 2. The minimum Gasteiger partial charge on any atom is -0.459 e. The van der Waals surface area contributed by atoms with Gasteiger partial charge in [-0.25, -0.2) is 0 Å². The molecule has 0 radical (unpaired) electrons. The van der Waals surface area contributed by atoms with Gasteiger partial charge < -0.3 is 15.1 Å². The molecule has 0 bridgehead atoms. The molecule has 122 valence electrons. The SMILES string of the molecule is O=C(NCCNC(=O)c1ccco1)c1cccc(C(F)(F)F)c1. The first-order valence-electron chi connectivity index (χ1n) is 6.65. The van der Waals surface area contributed by atoms with Gasteiger partial charge in [-0.2, -0.15) is 13.2 Å². The van der Waals surface area contributed by atoms with Crippen molar-refractivity contribution in [1.29, 1.82) is 0 Å². The zero-order chi connectivity index (χ0) is 16.9. The van der Waals surface area contributed by atoms with E-state index in [-0.39, 0.29) is 24.4 Å². The Kier molecular flexibility index (Phi) is 5.05. The summed E-state index contributed by atoms with van der Waals surface area (Å²) >= 11 is 0. The smallest absolute Gasteiger partial charge is 0.416 e. The lowest BCUT2D eigenvalue weighted by atomic mass is 10.1. The van der Waals surface area contributed by atoms with Gasteiger partial charge in [0.1, 0.15) is 0 Å². The molecule has 2 amide bonds. The molecule has 5 nitrogen and oxygen atoms in total. The highest BCUT2D eigenvalue weighted by Crippen LogP contribution is 2.29. The maximum absolute atomic E-state index is 12.6. The zero-order valence-corrected chi connectivity index (χ0v) is 11.8. The van der Waals surface area contributed by atoms with Crippen LogP contribution in [0.4, 0.5) is 13.2 Å². The maximum atomic E-state index is 12.6. The number of furan rings is 1. The standard InChI is InChI=1S/C15H13F3N2O3/c16-15(17,18)11-4-1-3-10(9-11)13(21)19-6-7-20-14(22)12-5-2-8-23-12/h1-5,8-9H,6-7H2,(H,19,21)(H,20,22). The van der Waals surface area contributed by atoms with E-state index >= 15 is 0 Å². The van der Waals surface area contributed by atoms with E-state index in [1.54, 1.807) is 6.07 Å². The Morgan fingerprint density at radius 1 is 1.00 bits per heavy atom. The summed E-state index contributed by atoms with van der Waals surface area (Å²) in [5.74, 6) is -0.958. The first kappa shape index (κ1) is 16.6. The Morgan fingerprint density at radius 2 is 1.70 bits per heavy atom. The summed E-state index contributed by atoms with van der Waals surface area (Å²) in [6.07, 6.45) is -3.16. The molecule has 0 unspecified atom stereocenters. The molecule has 2 aromatic rings. The van der Waals surface area contributed by atoms with Crippen molar-refractivity contribution in [2.24, 2.45) is 0 Å². The van der Waals surface area contributed by atoms with Gasteiger partial charge in [0, 0.05) is 18.7 Å². The Balaban J connectivity index is 1.82. The zero-order valence-electron chi connectivity index (χ0n) is 11.8. The third-order valence-corrected chi connectivity index (χ3v) is 2.89. The summed E-state index contributed by atoms with van der Waals surface area (Å²) in [7, 11) is 0. The number of hydrogen-bond donors (Lipinski definition) is 2. The number of benzene rings is 1. The Hall–Kier alpha value is -2.77. The highest BCUT2D eigenvalue weighted by molar-refractivity contribution is 5.94. The first-order valence-corrected chi connectivity index (χ1v) is 6.65. The van der Waals surface area contributed by atoms with Crippen molar-refractivity contribution in [1.82, 2.24) is 10.6 Å². The van der Waals surface area contributed by atoms with Gasteiger partial charge in [-0.05, 0) is 30.3 Å². The summed E-state index contributed by atoms with van der Waals surface area (Å²) < 4.78 is 42.6. The van der Waals surface area contributed by atoms with Crippen LogP contribution in [0.2, 0.25) is 0 Å². The van der Waals surface area contributed by atoms with Crippen LogP contribution >= 0.6 is 0 Å². The van der Waals surface area contributed by atoms with Gasteiger partial charge in [0.05, 0.1) is 11.8 Å². The van der Waals surface area contributed by atoms with Crippen molar-refractivity contribution >= 4 is 11.8 Å². The first-order chi connectivity index (χ1) is 10.9. The van der Waals surface area contributed by atoms with E-state index in [0.717, 1.165) is 18.2 Å². The lowest BCUT2D eigenvalue weighted by Gasteiger charge is -2.09. The third kappa shape index (κ3) is 4.60. The monoisotopic (exact) mass is 326 g/mol. The Bertz CT molecular complexity index is 682. The minimum atomic E-state index is -4.51. The largest absolute Gasteiger partial charge is 0.459 e. The summed E-state index contributed by atoms with van der Waals surface area (Å²) in [5.41, 5.74) is -0.992. The van der Waals surface area contributed by atoms with Gasteiger partial charge in [-0.3, -0.25) is 9.59 Å². The molecular formula is C15H13F3N2O3. The summed E-state index contributed by atoms with van der Waals surface area (Å²) in [4.78, 5) is 23.3. The van der Waals surface area contributed by atoms with E-state index in [2.05, 4.69) is 10.6 Å². The number of alkyl halides is 3. The van der Waals surface area contributed by atoms with Gasteiger partial charge in [-0.15, -0.1) is 0 Å². The van der Waals surface area contributed by atoms with Gasteiger partial charge in [0.25, 0.3) is 11.8 Å². The fourth-order valence-corrected chi connectivity index (χ4v) is 1.79. The summed E-state index contributed by atoms with van der Waals surface area (Å²) in [6.45, 7) is 0.186. The normalized spacial score (nSPS) is 11.1. The maximum Gasteiger partial charge on any atom is 0.416 e. The molecule has 0 spiro atoms. The van der Waals surface area contributed by atoms with Crippen LogP contribution < -0.4 is 10.6 Å². The van der Waals surface area contributed by atoms with Crippen molar-refractivity contribution in [2.45, 2.75) is 6.18 Å². The van der Waals surface area contributed by atoms with Gasteiger partial charge >= 0.3 is 6.18 Å². The van der Waals surface area contributed by atoms with Crippen LogP contribution in [-0.2, 0) is 6.18 Å². The molecule has 0 atom stereocenters. The molecule has 0 fully saturated rings. The lowest BCUT2D eigenvalue weighted by molar-refractivity contribution is -0.137. The summed E-state index contributed by atoms with van der Waals surface area (Å²) in [5, 5.41) is 4.93. The molecule has 2 N–H and O–H groups in total. The third-order valence-electron chi connectivity index (χ3n) is 2.89. The second kappa shape index (κ2) is 6.99. The fourth-order valence-electron chi connectivity index (χ4n) is 1.79. The Morgan fingerprint density at radius 3 is 2.30 bits per heavy atom. The van der Waals surface area contributed by atoms with Gasteiger partial charge in [0.2, 0.25) is 0 Å². The lowest BCUT2D eigenvalue weighted by Crippen LogP contribution is -2.34. The van der Waals surface area contributed by atoms with Gasteiger partial charge in [0.15, 0.2) is 5.76 Å². The molecule has 0 saturated heterocycles. The van der Waals surface area contributed by atoms with Crippen molar-refractivity contribution in [3.05, 3.63) is 59.5 Å². The molecular weight excluding hydrogens is 313 g/mol. The van der Waals surface area contributed by atoms with Crippen LogP contribution in [-0.4, -0.2) is 24.9 Å². The van der Waals surface area contributed by atoms with E-state index in [1.165, 1.54) is 18.4 Å². The quantitative estimate of drug-likeness (QED) is 0.829. The second-order valence-corrected chi connectivity index (χ2v) is 4.57. The molecule has 1 aromatic heterocycles.